The van der Waals surface area contributed by atoms with Crippen LogP contribution in [0.15, 0.2) is 24.3 Å². The van der Waals surface area contributed by atoms with E-state index in [1.807, 2.05) is 0 Å². The summed E-state index contributed by atoms with van der Waals surface area (Å²) in [4.78, 5) is 0. The number of aliphatic hydroxyl groups is 1. The maximum Gasteiger partial charge on any atom is 0.126 e. The molecule has 1 heterocycles. The monoisotopic (exact) mass is 263 g/mol. The number of nitrogens with zero attached hydrogens (tertiary/aromatic N) is 1. The summed E-state index contributed by atoms with van der Waals surface area (Å²) in [6.07, 6.45) is 1.09. The minimum absolute atomic E-state index is 0.132. The molecular formula is C15H18FNO2. The lowest BCUT2D eigenvalue weighted by Gasteiger charge is -2.42. The van der Waals surface area contributed by atoms with E-state index in [9.17, 15) is 14.8 Å². The molecule has 0 saturated carbocycles. The fraction of sp³-hybridized carbons (Fsp3) is 0.533. The molecule has 1 aromatic rings. The van der Waals surface area contributed by atoms with Crippen LogP contribution in [-0.2, 0) is 11.2 Å². The topological polar surface area (TPSA) is 53.2 Å². The predicted octanol–water partition coefficient (Wildman–Crippen LogP) is 2.44. The molecule has 1 aliphatic rings. The molecule has 4 heteroatoms. The highest BCUT2D eigenvalue weighted by molar-refractivity contribution is 5.22. The molecule has 0 bridgehead atoms. The van der Waals surface area contributed by atoms with Gasteiger partial charge in [0.1, 0.15) is 5.82 Å². The average Bonchev–Trinajstić information content (AvgIpc) is 2.42. The molecule has 0 amide bonds. The van der Waals surface area contributed by atoms with Crippen LogP contribution in [0.25, 0.3) is 0 Å². The summed E-state index contributed by atoms with van der Waals surface area (Å²) in [6.45, 7) is 2.54. The van der Waals surface area contributed by atoms with E-state index < -0.39 is 11.0 Å². The van der Waals surface area contributed by atoms with Crippen molar-refractivity contribution in [2.24, 2.45) is 5.41 Å². The van der Waals surface area contributed by atoms with Crippen LogP contribution in [-0.4, -0.2) is 23.9 Å². The standard InChI is InChI=1S/C15H18FNO2/c1-14(18,10-12-4-2-3-5-13(12)16)15(11-17)6-8-19-9-7-15/h2-5,18H,6-10H2,1H3. The van der Waals surface area contributed by atoms with Crippen LogP contribution >= 0.6 is 0 Å². The second kappa shape index (κ2) is 5.28. The summed E-state index contributed by atoms with van der Waals surface area (Å²) < 4.78 is 19.0. The number of rotatable bonds is 3. The molecule has 0 spiro atoms. The molecule has 0 radical (unpaired) electrons. The number of hydrogen-bond donors (Lipinski definition) is 1. The second-order valence-electron chi connectivity index (χ2n) is 5.35. The van der Waals surface area contributed by atoms with Gasteiger partial charge < -0.3 is 9.84 Å². The minimum atomic E-state index is -1.27. The largest absolute Gasteiger partial charge is 0.388 e. The normalized spacial score (nSPS) is 21.4. The quantitative estimate of drug-likeness (QED) is 0.911. The van der Waals surface area contributed by atoms with E-state index in [1.54, 1.807) is 25.1 Å². The third-order valence-corrected chi connectivity index (χ3v) is 4.08. The van der Waals surface area contributed by atoms with Crippen LogP contribution < -0.4 is 0 Å². The van der Waals surface area contributed by atoms with Crippen molar-refractivity contribution in [1.29, 1.82) is 5.26 Å². The van der Waals surface area contributed by atoms with Crippen molar-refractivity contribution < 1.29 is 14.2 Å². The van der Waals surface area contributed by atoms with Gasteiger partial charge in [-0.2, -0.15) is 5.26 Å². The van der Waals surface area contributed by atoms with E-state index in [0.717, 1.165) is 0 Å². The van der Waals surface area contributed by atoms with Crippen LogP contribution in [0.4, 0.5) is 4.39 Å². The van der Waals surface area contributed by atoms with Crippen molar-refractivity contribution in [2.75, 3.05) is 13.2 Å². The molecule has 0 aliphatic carbocycles. The van der Waals surface area contributed by atoms with E-state index in [4.69, 9.17) is 4.74 Å². The van der Waals surface area contributed by atoms with E-state index in [-0.39, 0.29) is 12.2 Å². The highest BCUT2D eigenvalue weighted by atomic mass is 19.1. The fourth-order valence-electron chi connectivity index (χ4n) is 2.67. The van der Waals surface area contributed by atoms with Gasteiger partial charge in [0, 0.05) is 19.6 Å². The number of hydrogen-bond acceptors (Lipinski definition) is 3. The smallest absolute Gasteiger partial charge is 0.126 e. The third-order valence-electron chi connectivity index (χ3n) is 4.08. The Morgan fingerprint density at radius 2 is 2.05 bits per heavy atom. The Kier molecular flexibility index (Phi) is 3.88. The van der Waals surface area contributed by atoms with Crippen molar-refractivity contribution in [3.8, 4) is 6.07 Å². The zero-order chi connectivity index (χ0) is 13.9. The van der Waals surface area contributed by atoms with Crippen LogP contribution in [0.3, 0.4) is 0 Å². The Morgan fingerprint density at radius 1 is 1.42 bits per heavy atom. The van der Waals surface area contributed by atoms with Gasteiger partial charge in [0.15, 0.2) is 0 Å². The van der Waals surface area contributed by atoms with Crippen molar-refractivity contribution in [3.63, 3.8) is 0 Å². The number of ether oxygens (including phenoxy) is 1. The summed E-state index contributed by atoms with van der Waals surface area (Å²) in [6, 6.07) is 8.61. The Bertz CT molecular complexity index is 487. The van der Waals surface area contributed by atoms with Gasteiger partial charge in [-0.05, 0) is 31.4 Å². The molecule has 3 nitrogen and oxygen atoms in total. The molecule has 1 aromatic carbocycles. The fourth-order valence-corrected chi connectivity index (χ4v) is 2.67. The Balaban J connectivity index is 2.26. The van der Waals surface area contributed by atoms with Crippen molar-refractivity contribution in [2.45, 2.75) is 31.8 Å². The molecule has 1 N–H and O–H groups in total. The van der Waals surface area contributed by atoms with Gasteiger partial charge in [0.2, 0.25) is 0 Å². The van der Waals surface area contributed by atoms with E-state index in [2.05, 4.69) is 6.07 Å². The van der Waals surface area contributed by atoms with Gasteiger partial charge in [0.25, 0.3) is 0 Å². The number of benzene rings is 1. The molecule has 1 saturated heterocycles. The lowest BCUT2D eigenvalue weighted by Crippen LogP contribution is -2.50. The number of nitriles is 1. The summed E-state index contributed by atoms with van der Waals surface area (Å²) in [5, 5.41) is 20.2. The van der Waals surface area contributed by atoms with Gasteiger partial charge in [-0.3, -0.25) is 0 Å². The zero-order valence-electron chi connectivity index (χ0n) is 11.0. The first-order chi connectivity index (χ1) is 9.01. The lowest BCUT2D eigenvalue weighted by molar-refractivity contribution is -0.0920. The van der Waals surface area contributed by atoms with Crippen molar-refractivity contribution >= 4 is 0 Å². The molecule has 1 fully saturated rings. The van der Waals surface area contributed by atoms with Crippen LogP contribution in [0.5, 0.6) is 0 Å². The molecule has 19 heavy (non-hydrogen) atoms. The first-order valence-corrected chi connectivity index (χ1v) is 6.46. The molecule has 1 atom stereocenters. The lowest BCUT2D eigenvalue weighted by atomic mass is 9.66. The van der Waals surface area contributed by atoms with Crippen LogP contribution in [0.1, 0.15) is 25.3 Å². The third kappa shape index (κ3) is 2.63. The van der Waals surface area contributed by atoms with Crippen molar-refractivity contribution in [1.82, 2.24) is 0 Å². The van der Waals surface area contributed by atoms with Gasteiger partial charge in [0.05, 0.1) is 17.1 Å². The van der Waals surface area contributed by atoms with Crippen LogP contribution in [0.2, 0.25) is 0 Å². The van der Waals surface area contributed by atoms with E-state index >= 15 is 0 Å². The first kappa shape index (κ1) is 14.0. The Labute approximate surface area is 112 Å². The summed E-state index contributed by atoms with van der Waals surface area (Å²) in [7, 11) is 0. The maximum absolute atomic E-state index is 13.7. The number of halogens is 1. The molecule has 1 unspecified atom stereocenters. The maximum atomic E-state index is 13.7. The highest BCUT2D eigenvalue weighted by Gasteiger charge is 2.48. The van der Waals surface area contributed by atoms with Gasteiger partial charge in [-0.15, -0.1) is 0 Å². The average molecular weight is 263 g/mol. The van der Waals surface area contributed by atoms with Crippen molar-refractivity contribution in [3.05, 3.63) is 35.6 Å². The van der Waals surface area contributed by atoms with E-state index in [0.29, 0.717) is 31.6 Å². The SMILES string of the molecule is CC(O)(Cc1ccccc1F)C1(C#N)CCOCC1. The summed E-state index contributed by atoms with van der Waals surface area (Å²) in [5.41, 5.74) is -1.70. The van der Waals surface area contributed by atoms with Gasteiger partial charge in [-0.25, -0.2) is 4.39 Å². The zero-order valence-corrected chi connectivity index (χ0v) is 11.0. The van der Waals surface area contributed by atoms with Crippen LogP contribution in [0, 0.1) is 22.6 Å². The first-order valence-electron chi connectivity index (χ1n) is 6.46. The Morgan fingerprint density at radius 3 is 2.63 bits per heavy atom. The van der Waals surface area contributed by atoms with Gasteiger partial charge >= 0.3 is 0 Å². The van der Waals surface area contributed by atoms with E-state index in [1.165, 1.54) is 6.07 Å². The summed E-state index contributed by atoms with van der Waals surface area (Å²) >= 11 is 0. The molecular weight excluding hydrogens is 245 g/mol. The minimum Gasteiger partial charge on any atom is -0.388 e. The summed E-state index contributed by atoms with van der Waals surface area (Å²) in [5.74, 6) is -0.345. The second-order valence-corrected chi connectivity index (χ2v) is 5.35. The Hall–Kier alpha value is -1.44. The highest BCUT2D eigenvalue weighted by Crippen LogP contribution is 2.42. The molecule has 1 aliphatic heterocycles. The molecule has 0 aromatic heterocycles. The van der Waals surface area contributed by atoms with Gasteiger partial charge in [-0.1, -0.05) is 18.2 Å². The molecule has 2 rings (SSSR count). The molecule has 102 valence electrons. The predicted molar refractivity (Wildman–Crippen MR) is 68.8 cm³/mol.